The largest absolute Gasteiger partial charge is 0.353 e. The van der Waals surface area contributed by atoms with Crippen LogP contribution in [0.5, 0.6) is 0 Å². The molecule has 2 atom stereocenters. The molecule has 6 nitrogen and oxygen atoms in total. The fourth-order valence-corrected chi connectivity index (χ4v) is 4.76. The fraction of sp³-hybridized carbons (Fsp3) is 0.609. The molecule has 2 aliphatic rings. The molecular formula is C23H35IN6. The number of rotatable bonds is 4. The predicted molar refractivity (Wildman–Crippen MR) is 132 cm³/mol. The Balaban J connectivity index is 0.00000256. The number of benzene rings is 1. The first-order valence-electron chi connectivity index (χ1n) is 11.1. The Labute approximate surface area is 197 Å². The number of aryl methyl sites for hydroxylation is 1. The topological polar surface area (TPSA) is 58.3 Å². The summed E-state index contributed by atoms with van der Waals surface area (Å²) in [5.41, 5.74) is 1.47. The summed E-state index contributed by atoms with van der Waals surface area (Å²) in [6.45, 7) is 7.01. The molecule has 1 N–H and O–H groups in total. The molecule has 1 aliphatic heterocycles. The van der Waals surface area contributed by atoms with Gasteiger partial charge in [-0.25, -0.2) is 4.99 Å². The molecular weight excluding hydrogens is 487 g/mol. The number of nitrogens with one attached hydrogen (secondary N) is 1. The average Bonchev–Trinajstić information content (AvgIpc) is 3.36. The van der Waals surface area contributed by atoms with Crippen LogP contribution in [0.3, 0.4) is 0 Å². The van der Waals surface area contributed by atoms with E-state index in [-0.39, 0.29) is 24.0 Å². The van der Waals surface area contributed by atoms with E-state index in [1.54, 1.807) is 0 Å². The quantitative estimate of drug-likeness (QED) is 0.371. The zero-order valence-electron chi connectivity index (χ0n) is 18.4. The first-order chi connectivity index (χ1) is 14.1. The van der Waals surface area contributed by atoms with Crippen LogP contribution in [0.1, 0.15) is 62.2 Å². The third-order valence-corrected chi connectivity index (χ3v) is 6.67. The van der Waals surface area contributed by atoms with Crippen LogP contribution >= 0.6 is 24.0 Å². The number of hydrogen-bond donors (Lipinski definition) is 1. The monoisotopic (exact) mass is 522 g/mol. The van der Waals surface area contributed by atoms with Gasteiger partial charge in [0.2, 0.25) is 0 Å². The van der Waals surface area contributed by atoms with Crippen molar-refractivity contribution >= 4 is 29.9 Å². The van der Waals surface area contributed by atoms with Gasteiger partial charge in [0.1, 0.15) is 12.4 Å². The third kappa shape index (κ3) is 5.34. The summed E-state index contributed by atoms with van der Waals surface area (Å²) in [5.74, 6) is 4.12. The van der Waals surface area contributed by atoms with E-state index in [0.717, 1.165) is 30.7 Å². The Morgan fingerprint density at radius 1 is 1.13 bits per heavy atom. The number of piperidine rings is 1. The summed E-state index contributed by atoms with van der Waals surface area (Å²) in [5, 5.41) is 12.2. The van der Waals surface area contributed by atoms with Crippen LogP contribution in [0.4, 0.5) is 0 Å². The molecule has 0 radical (unpaired) electrons. The van der Waals surface area contributed by atoms with Gasteiger partial charge in [-0.1, -0.05) is 50.1 Å². The van der Waals surface area contributed by atoms with Crippen LogP contribution in [0, 0.1) is 12.8 Å². The van der Waals surface area contributed by atoms with Crippen LogP contribution in [0.15, 0.2) is 35.3 Å². The number of aromatic nitrogens is 3. The van der Waals surface area contributed by atoms with Crippen molar-refractivity contribution in [2.45, 2.75) is 64.5 Å². The molecule has 0 bridgehead atoms. The molecule has 7 heteroatoms. The van der Waals surface area contributed by atoms with E-state index in [1.807, 2.05) is 18.5 Å². The van der Waals surface area contributed by atoms with Crippen LogP contribution in [0.2, 0.25) is 0 Å². The fourth-order valence-electron chi connectivity index (χ4n) is 4.76. The highest BCUT2D eigenvalue weighted by Crippen LogP contribution is 2.32. The number of likely N-dealkylation sites (tertiary alicyclic amines) is 1. The molecule has 4 rings (SSSR count). The molecule has 1 aliphatic carbocycles. The highest BCUT2D eigenvalue weighted by atomic mass is 127. The molecule has 164 valence electrons. The van der Waals surface area contributed by atoms with E-state index in [0.29, 0.717) is 24.4 Å². The number of guanidine groups is 1. The normalized spacial score (nSPS) is 22.8. The summed E-state index contributed by atoms with van der Waals surface area (Å²) in [4.78, 5) is 7.46. The van der Waals surface area contributed by atoms with Crippen LogP contribution in [-0.2, 0) is 13.6 Å². The van der Waals surface area contributed by atoms with Gasteiger partial charge in [-0.2, -0.15) is 0 Å². The van der Waals surface area contributed by atoms with Gasteiger partial charge >= 0.3 is 0 Å². The van der Waals surface area contributed by atoms with Crippen molar-refractivity contribution in [3.05, 3.63) is 47.5 Å². The zero-order valence-corrected chi connectivity index (χ0v) is 20.8. The van der Waals surface area contributed by atoms with E-state index >= 15 is 0 Å². The van der Waals surface area contributed by atoms with Gasteiger partial charge in [0, 0.05) is 26.2 Å². The van der Waals surface area contributed by atoms with Crippen molar-refractivity contribution in [3.8, 4) is 0 Å². The van der Waals surface area contributed by atoms with Crippen molar-refractivity contribution in [2.75, 3.05) is 13.1 Å². The van der Waals surface area contributed by atoms with Crippen molar-refractivity contribution in [1.82, 2.24) is 25.0 Å². The zero-order chi connectivity index (χ0) is 20.2. The molecule has 0 amide bonds. The second-order valence-corrected chi connectivity index (χ2v) is 8.72. The first kappa shape index (κ1) is 23.0. The van der Waals surface area contributed by atoms with Gasteiger partial charge in [0.05, 0.1) is 0 Å². The Bertz CT molecular complexity index is 827. The molecule has 2 heterocycles. The number of nitrogens with zero attached hydrogens (tertiary/aromatic N) is 5. The lowest BCUT2D eigenvalue weighted by Crippen LogP contribution is -2.50. The minimum absolute atomic E-state index is 0. The molecule has 2 unspecified atom stereocenters. The van der Waals surface area contributed by atoms with Crippen molar-refractivity contribution < 1.29 is 0 Å². The van der Waals surface area contributed by atoms with E-state index in [4.69, 9.17) is 4.99 Å². The van der Waals surface area contributed by atoms with Gasteiger partial charge in [-0.3, -0.25) is 0 Å². The number of halogens is 1. The van der Waals surface area contributed by atoms with Crippen molar-refractivity contribution in [2.24, 2.45) is 18.0 Å². The standard InChI is InChI=1S/C23H34N6.HI/c1-17-16-29(14-13-21(17)19-9-5-4-6-10-19)23(25-20-11-7-8-12-20)24-15-22-27-26-18(2)28(22)3;/h4-6,9-10,17,20-21H,7-8,11-16H2,1-3H3,(H,24,25);1H. The van der Waals surface area contributed by atoms with E-state index < -0.39 is 0 Å². The lowest BCUT2D eigenvalue weighted by atomic mass is 9.82. The summed E-state index contributed by atoms with van der Waals surface area (Å²) in [6, 6.07) is 11.5. The smallest absolute Gasteiger partial charge is 0.194 e. The molecule has 1 saturated carbocycles. The lowest BCUT2D eigenvalue weighted by molar-refractivity contribution is 0.232. The Hall–Kier alpha value is -1.64. The maximum Gasteiger partial charge on any atom is 0.194 e. The number of aliphatic imine (C=N–C) groups is 1. The minimum atomic E-state index is 0. The van der Waals surface area contributed by atoms with Crippen LogP contribution in [0.25, 0.3) is 0 Å². The summed E-state index contributed by atoms with van der Waals surface area (Å²) in [7, 11) is 2.01. The average molecular weight is 522 g/mol. The first-order valence-corrected chi connectivity index (χ1v) is 11.1. The Kier molecular flexibility index (Phi) is 8.13. The van der Waals surface area contributed by atoms with Crippen LogP contribution < -0.4 is 5.32 Å². The highest BCUT2D eigenvalue weighted by molar-refractivity contribution is 14.0. The lowest BCUT2D eigenvalue weighted by Gasteiger charge is -2.39. The maximum atomic E-state index is 5.00. The van der Waals surface area contributed by atoms with Gasteiger partial charge in [0.25, 0.3) is 0 Å². The molecule has 2 aromatic rings. The van der Waals surface area contributed by atoms with Gasteiger partial charge in [-0.15, -0.1) is 34.2 Å². The third-order valence-electron chi connectivity index (χ3n) is 6.67. The van der Waals surface area contributed by atoms with Crippen molar-refractivity contribution in [1.29, 1.82) is 0 Å². The predicted octanol–water partition coefficient (Wildman–Crippen LogP) is 4.26. The molecule has 0 spiro atoms. The molecule has 1 aromatic carbocycles. The molecule has 1 saturated heterocycles. The molecule has 30 heavy (non-hydrogen) atoms. The van der Waals surface area contributed by atoms with Gasteiger partial charge < -0.3 is 14.8 Å². The highest BCUT2D eigenvalue weighted by Gasteiger charge is 2.30. The SMILES string of the molecule is Cc1nnc(CN=C(NC2CCCC2)N2CCC(c3ccccc3)C(C)C2)n1C.I. The summed E-state index contributed by atoms with van der Waals surface area (Å²) < 4.78 is 2.03. The van der Waals surface area contributed by atoms with E-state index in [1.165, 1.54) is 37.7 Å². The van der Waals surface area contributed by atoms with Crippen LogP contribution in [-0.4, -0.2) is 44.8 Å². The Morgan fingerprint density at radius 3 is 2.50 bits per heavy atom. The van der Waals surface area contributed by atoms with Gasteiger partial charge in [0.15, 0.2) is 11.8 Å². The molecule has 2 fully saturated rings. The Morgan fingerprint density at radius 2 is 1.87 bits per heavy atom. The second-order valence-electron chi connectivity index (χ2n) is 8.72. The van der Waals surface area contributed by atoms with E-state index in [9.17, 15) is 0 Å². The minimum Gasteiger partial charge on any atom is -0.353 e. The number of hydrogen-bond acceptors (Lipinski definition) is 3. The molecule has 1 aromatic heterocycles. The maximum absolute atomic E-state index is 5.00. The van der Waals surface area contributed by atoms with Gasteiger partial charge in [-0.05, 0) is 43.6 Å². The van der Waals surface area contributed by atoms with Crippen molar-refractivity contribution in [3.63, 3.8) is 0 Å². The summed E-state index contributed by atoms with van der Waals surface area (Å²) in [6.07, 6.45) is 6.30. The summed E-state index contributed by atoms with van der Waals surface area (Å²) >= 11 is 0. The van der Waals surface area contributed by atoms with E-state index in [2.05, 4.69) is 57.7 Å². The second kappa shape index (κ2) is 10.6.